The summed E-state index contributed by atoms with van der Waals surface area (Å²) in [5, 5.41) is 3.74. The summed E-state index contributed by atoms with van der Waals surface area (Å²) in [6.45, 7) is 11.3. The van der Waals surface area contributed by atoms with Gasteiger partial charge in [-0.3, -0.25) is 9.80 Å². The lowest BCUT2D eigenvalue weighted by molar-refractivity contribution is 0.121. The van der Waals surface area contributed by atoms with Gasteiger partial charge in [-0.05, 0) is 57.7 Å². The maximum Gasteiger partial charge on any atom is 0.0263 e. The zero-order valence-corrected chi connectivity index (χ0v) is 12.8. The maximum absolute atomic E-state index is 3.74. The van der Waals surface area contributed by atoms with Crippen molar-refractivity contribution in [2.45, 2.75) is 64.1 Å². The molecule has 3 aliphatic rings. The Labute approximate surface area is 118 Å². The van der Waals surface area contributed by atoms with E-state index in [0.717, 1.165) is 24.0 Å². The highest BCUT2D eigenvalue weighted by Gasteiger charge is 2.40. The molecule has 0 bridgehead atoms. The molecule has 0 spiro atoms. The Kier molecular flexibility index (Phi) is 4.45. The minimum Gasteiger partial charge on any atom is -0.314 e. The molecule has 4 atom stereocenters. The summed E-state index contributed by atoms with van der Waals surface area (Å²) in [5.41, 5.74) is 0. The summed E-state index contributed by atoms with van der Waals surface area (Å²) in [6.07, 6.45) is 6.92. The fraction of sp³-hybridized carbons (Fsp3) is 1.00. The molecule has 19 heavy (non-hydrogen) atoms. The van der Waals surface area contributed by atoms with E-state index in [1.165, 1.54) is 64.8 Å². The van der Waals surface area contributed by atoms with Crippen LogP contribution in [-0.2, 0) is 0 Å². The molecular weight excluding hydrogens is 234 g/mol. The van der Waals surface area contributed by atoms with Gasteiger partial charge in [0.15, 0.2) is 0 Å². The van der Waals surface area contributed by atoms with Gasteiger partial charge in [0.05, 0.1) is 0 Å². The van der Waals surface area contributed by atoms with Crippen molar-refractivity contribution in [3.05, 3.63) is 0 Å². The van der Waals surface area contributed by atoms with Crippen molar-refractivity contribution < 1.29 is 0 Å². The Hall–Kier alpha value is -0.120. The van der Waals surface area contributed by atoms with Crippen LogP contribution in [0.4, 0.5) is 0 Å². The van der Waals surface area contributed by atoms with Crippen molar-refractivity contribution in [3.8, 4) is 0 Å². The zero-order chi connectivity index (χ0) is 13.2. The third-order valence-corrected chi connectivity index (χ3v) is 5.60. The van der Waals surface area contributed by atoms with Crippen LogP contribution >= 0.6 is 0 Å². The summed E-state index contributed by atoms with van der Waals surface area (Å²) in [6, 6.07) is 2.49. The summed E-state index contributed by atoms with van der Waals surface area (Å²) in [5.74, 6) is 0.796. The second kappa shape index (κ2) is 6.11. The molecular formula is C16H31N3. The van der Waals surface area contributed by atoms with Gasteiger partial charge in [-0.2, -0.15) is 0 Å². The highest BCUT2D eigenvalue weighted by molar-refractivity contribution is 4.97. The first kappa shape index (κ1) is 13.8. The second-order valence-corrected chi connectivity index (χ2v) is 7.00. The van der Waals surface area contributed by atoms with Crippen LogP contribution in [0, 0.1) is 5.92 Å². The molecule has 0 amide bonds. The lowest BCUT2D eigenvalue weighted by atomic mass is 9.99. The average molecular weight is 265 g/mol. The van der Waals surface area contributed by atoms with Gasteiger partial charge in [0.2, 0.25) is 0 Å². The van der Waals surface area contributed by atoms with E-state index in [2.05, 4.69) is 29.0 Å². The molecule has 3 fully saturated rings. The molecule has 110 valence electrons. The van der Waals surface area contributed by atoms with Crippen molar-refractivity contribution in [3.63, 3.8) is 0 Å². The number of nitrogens with zero attached hydrogens (tertiary/aromatic N) is 2. The van der Waals surface area contributed by atoms with Crippen LogP contribution in [0.25, 0.3) is 0 Å². The van der Waals surface area contributed by atoms with E-state index in [1.54, 1.807) is 0 Å². The van der Waals surface area contributed by atoms with E-state index < -0.39 is 0 Å². The third kappa shape index (κ3) is 2.98. The van der Waals surface area contributed by atoms with Gasteiger partial charge < -0.3 is 5.32 Å². The summed E-state index contributed by atoms with van der Waals surface area (Å²) in [7, 11) is 0. The topological polar surface area (TPSA) is 18.5 Å². The van der Waals surface area contributed by atoms with Crippen LogP contribution in [0.1, 0.15) is 46.0 Å². The minimum atomic E-state index is 0.742. The highest BCUT2D eigenvalue weighted by Crippen LogP contribution is 2.32. The van der Waals surface area contributed by atoms with E-state index in [1.807, 2.05) is 0 Å². The van der Waals surface area contributed by atoms with Crippen molar-refractivity contribution >= 4 is 0 Å². The van der Waals surface area contributed by atoms with Crippen molar-refractivity contribution in [1.29, 1.82) is 0 Å². The first-order valence-electron chi connectivity index (χ1n) is 8.49. The van der Waals surface area contributed by atoms with Gasteiger partial charge in [-0.15, -0.1) is 0 Å². The normalized spacial score (nSPS) is 42.0. The Morgan fingerprint density at radius 3 is 2.63 bits per heavy atom. The third-order valence-electron chi connectivity index (χ3n) is 5.60. The number of nitrogens with one attached hydrogen (secondary N) is 1. The molecule has 3 rings (SSSR count). The van der Waals surface area contributed by atoms with Crippen LogP contribution in [0.5, 0.6) is 0 Å². The largest absolute Gasteiger partial charge is 0.314 e. The van der Waals surface area contributed by atoms with Crippen molar-refractivity contribution in [2.75, 3.05) is 32.7 Å². The second-order valence-electron chi connectivity index (χ2n) is 7.00. The quantitative estimate of drug-likeness (QED) is 0.823. The summed E-state index contributed by atoms with van der Waals surface area (Å²) in [4.78, 5) is 5.60. The van der Waals surface area contributed by atoms with Gasteiger partial charge in [0.1, 0.15) is 0 Å². The molecule has 4 unspecified atom stereocenters. The predicted molar refractivity (Wildman–Crippen MR) is 80.4 cm³/mol. The maximum atomic E-state index is 3.74. The van der Waals surface area contributed by atoms with Crippen molar-refractivity contribution in [1.82, 2.24) is 15.1 Å². The van der Waals surface area contributed by atoms with Crippen LogP contribution in [-0.4, -0.2) is 60.6 Å². The molecule has 3 heterocycles. The Bertz CT molecular complexity index is 294. The van der Waals surface area contributed by atoms with Crippen molar-refractivity contribution in [2.24, 2.45) is 5.92 Å². The molecule has 0 radical (unpaired) electrons. The van der Waals surface area contributed by atoms with Crippen LogP contribution in [0.2, 0.25) is 0 Å². The first-order valence-corrected chi connectivity index (χ1v) is 8.49. The van der Waals surface area contributed by atoms with Crippen LogP contribution < -0.4 is 5.32 Å². The van der Waals surface area contributed by atoms with E-state index in [0.29, 0.717) is 0 Å². The van der Waals surface area contributed by atoms with E-state index in [-0.39, 0.29) is 0 Å². The molecule has 0 aromatic rings. The fourth-order valence-corrected chi connectivity index (χ4v) is 4.48. The van der Waals surface area contributed by atoms with Gasteiger partial charge in [0.25, 0.3) is 0 Å². The molecule has 3 nitrogen and oxygen atoms in total. The molecule has 1 N–H and O–H groups in total. The van der Waals surface area contributed by atoms with Crippen LogP contribution in [0.3, 0.4) is 0 Å². The Morgan fingerprint density at radius 1 is 1.00 bits per heavy atom. The highest BCUT2D eigenvalue weighted by atomic mass is 15.3. The lowest BCUT2D eigenvalue weighted by Crippen LogP contribution is -2.50. The molecule has 0 aromatic carbocycles. The molecule has 0 saturated carbocycles. The van der Waals surface area contributed by atoms with E-state index in [4.69, 9.17) is 0 Å². The van der Waals surface area contributed by atoms with Gasteiger partial charge >= 0.3 is 0 Å². The number of hydrogen-bond donors (Lipinski definition) is 1. The van der Waals surface area contributed by atoms with Gasteiger partial charge in [0, 0.05) is 31.2 Å². The monoisotopic (exact) mass is 265 g/mol. The molecule has 0 aromatic heterocycles. The average Bonchev–Trinajstić information content (AvgIpc) is 2.97. The van der Waals surface area contributed by atoms with Gasteiger partial charge in [-0.1, -0.05) is 13.8 Å². The molecule has 3 aliphatic heterocycles. The minimum absolute atomic E-state index is 0.742. The summed E-state index contributed by atoms with van der Waals surface area (Å²) >= 11 is 0. The lowest BCUT2D eigenvalue weighted by Gasteiger charge is -2.38. The van der Waals surface area contributed by atoms with E-state index >= 15 is 0 Å². The smallest absolute Gasteiger partial charge is 0.0263 e. The fourth-order valence-electron chi connectivity index (χ4n) is 4.48. The Balaban J connectivity index is 1.64. The summed E-state index contributed by atoms with van der Waals surface area (Å²) < 4.78 is 0. The number of hydrogen-bond acceptors (Lipinski definition) is 3. The molecule has 0 aliphatic carbocycles. The zero-order valence-electron chi connectivity index (χ0n) is 12.8. The molecule has 3 saturated heterocycles. The van der Waals surface area contributed by atoms with Crippen LogP contribution in [0.15, 0.2) is 0 Å². The first-order chi connectivity index (χ1) is 9.28. The standard InChI is InChI=1S/C16H31N3/c1-3-14-6-9-19(12-13(2)11-17-14)16-7-10-18-8-4-5-15(16)18/h13-17H,3-12H2,1-2H3. The SMILES string of the molecule is CCC1CCN(C2CCN3CCCC23)CC(C)CN1. The van der Waals surface area contributed by atoms with Gasteiger partial charge in [-0.25, -0.2) is 0 Å². The number of rotatable bonds is 2. The Morgan fingerprint density at radius 2 is 1.79 bits per heavy atom. The predicted octanol–water partition coefficient (Wildman–Crippen LogP) is 1.93. The molecule has 3 heteroatoms. The number of fused-ring (bicyclic) bond motifs is 1. The van der Waals surface area contributed by atoms with E-state index in [9.17, 15) is 0 Å².